The van der Waals surface area contributed by atoms with Crippen molar-refractivity contribution >= 4 is 23.2 Å². The van der Waals surface area contributed by atoms with Gasteiger partial charge in [-0.05, 0) is 50.1 Å². The highest BCUT2D eigenvalue weighted by atomic mass is 35.5. The molecule has 0 aromatic heterocycles. The lowest BCUT2D eigenvalue weighted by Gasteiger charge is -2.25. The van der Waals surface area contributed by atoms with Gasteiger partial charge in [-0.3, -0.25) is 4.79 Å². The third-order valence-electron chi connectivity index (χ3n) is 3.84. The Morgan fingerprint density at radius 3 is 2.89 bits per heavy atom. The molecule has 0 radical (unpaired) electrons. The van der Waals surface area contributed by atoms with Gasteiger partial charge >= 0.3 is 0 Å². The normalized spacial score (nSPS) is 23.1. The van der Waals surface area contributed by atoms with E-state index in [9.17, 15) is 4.79 Å². The Morgan fingerprint density at radius 1 is 1.56 bits per heavy atom. The van der Waals surface area contributed by atoms with Crippen LogP contribution in [0.5, 0.6) is 0 Å². The van der Waals surface area contributed by atoms with E-state index in [0.29, 0.717) is 5.02 Å². The second kappa shape index (κ2) is 5.29. The summed E-state index contributed by atoms with van der Waals surface area (Å²) in [7, 11) is 0. The summed E-state index contributed by atoms with van der Waals surface area (Å²) in [6.45, 7) is 5.71. The van der Waals surface area contributed by atoms with Gasteiger partial charge < -0.3 is 10.6 Å². The molecule has 1 aliphatic heterocycles. The van der Waals surface area contributed by atoms with Crippen LogP contribution < -0.4 is 10.6 Å². The molecule has 0 aliphatic carbocycles. The maximum absolute atomic E-state index is 12.4. The van der Waals surface area contributed by atoms with Crippen molar-refractivity contribution in [3.8, 4) is 0 Å². The van der Waals surface area contributed by atoms with Gasteiger partial charge in [-0.15, -0.1) is 0 Å². The van der Waals surface area contributed by atoms with Crippen LogP contribution in [0.2, 0.25) is 5.02 Å². The van der Waals surface area contributed by atoms with Crippen molar-refractivity contribution in [2.75, 3.05) is 18.4 Å². The van der Waals surface area contributed by atoms with Crippen molar-refractivity contribution < 1.29 is 4.79 Å². The molecule has 18 heavy (non-hydrogen) atoms. The summed E-state index contributed by atoms with van der Waals surface area (Å²) in [6.07, 6.45) is 1.76. The maximum Gasteiger partial charge on any atom is 0.231 e. The minimum absolute atomic E-state index is 0.112. The first-order chi connectivity index (χ1) is 8.57. The highest BCUT2D eigenvalue weighted by Crippen LogP contribution is 2.31. The molecule has 2 rings (SSSR count). The van der Waals surface area contributed by atoms with Gasteiger partial charge in [0, 0.05) is 17.3 Å². The molecule has 1 saturated heterocycles. The third-order valence-corrected chi connectivity index (χ3v) is 4.07. The number of halogens is 1. The minimum atomic E-state index is -0.258. The molecule has 1 atom stereocenters. The minimum Gasteiger partial charge on any atom is -0.325 e. The molecule has 1 unspecified atom stereocenters. The molecule has 98 valence electrons. The second-order valence-corrected chi connectivity index (χ2v) is 5.41. The summed E-state index contributed by atoms with van der Waals surface area (Å²) < 4.78 is 0. The summed E-state index contributed by atoms with van der Waals surface area (Å²) in [6, 6.07) is 5.53. The van der Waals surface area contributed by atoms with Gasteiger partial charge in [0.2, 0.25) is 5.91 Å². The van der Waals surface area contributed by atoms with Gasteiger partial charge in [0.15, 0.2) is 0 Å². The summed E-state index contributed by atoms with van der Waals surface area (Å²) in [5.74, 6) is 0.112. The lowest BCUT2D eigenvalue weighted by molar-refractivity contribution is -0.124. The predicted octanol–water partition coefficient (Wildman–Crippen LogP) is 2.98. The molecule has 3 nitrogen and oxygen atoms in total. The largest absolute Gasteiger partial charge is 0.325 e. The zero-order valence-electron chi connectivity index (χ0n) is 10.8. The molecule has 0 saturated carbocycles. The van der Waals surface area contributed by atoms with E-state index in [4.69, 9.17) is 11.6 Å². The standard InChI is InChI=1S/C14H19ClN2O/c1-3-14(6-7-16-9-14)13(18)17-12-5-4-11(15)8-10(12)2/h4-5,8,16H,3,6-7,9H2,1-2H3,(H,17,18). The van der Waals surface area contributed by atoms with Crippen LogP contribution in [0.1, 0.15) is 25.3 Å². The molecule has 0 bridgehead atoms. The van der Waals surface area contributed by atoms with E-state index >= 15 is 0 Å². The van der Waals surface area contributed by atoms with Crippen LogP contribution in [0.4, 0.5) is 5.69 Å². The van der Waals surface area contributed by atoms with Crippen LogP contribution in [0.15, 0.2) is 18.2 Å². The Morgan fingerprint density at radius 2 is 2.33 bits per heavy atom. The number of hydrogen-bond acceptors (Lipinski definition) is 2. The van der Waals surface area contributed by atoms with E-state index in [0.717, 1.165) is 37.2 Å². The van der Waals surface area contributed by atoms with Crippen molar-refractivity contribution in [2.24, 2.45) is 5.41 Å². The fourth-order valence-corrected chi connectivity index (χ4v) is 2.65. The summed E-state index contributed by atoms with van der Waals surface area (Å²) in [4.78, 5) is 12.4. The van der Waals surface area contributed by atoms with Gasteiger partial charge in [-0.2, -0.15) is 0 Å². The number of rotatable bonds is 3. The Labute approximate surface area is 113 Å². The molecular formula is C14H19ClN2O. The van der Waals surface area contributed by atoms with Crippen LogP contribution in [0.25, 0.3) is 0 Å². The fourth-order valence-electron chi connectivity index (χ4n) is 2.42. The topological polar surface area (TPSA) is 41.1 Å². The number of aryl methyl sites for hydroxylation is 1. The molecule has 0 spiro atoms. The Hall–Kier alpha value is -1.06. The van der Waals surface area contributed by atoms with E-state index in [1.165, 1.54) is 0 Å². The molecular weight excluding hydrogens is 248 g/mol. The molecule has 1 amide bonds. The summed E-state index contributed by atoms with van der Waals surface area (Å²) in [5, 5.41) is 7.00. The molecule has 1 heterocycles. The SMILES string of the molecule is CCC1(C(=O)Nc2ccc(Cl)cc2C)CCNC1. The van der Waals surface area contributed by atoms with Crippen molar-refractivity contribution in [1.82, 2.24) is 5.32 Å². The summed E-state index contributed by atoms with van der Waals surface area (Å²) >= 11 is 5.91. The zero-order valence-corrected chi connectivity index (χ0v) is 11.6. The quantitative estimate of drug-likeness (QED) is 0.883. The average Bonchev–Trinajstić information content (AvgIpc) is 2.82. The van der Waals surface area contributed by atoms with Crippen LogP contribution in [-0.4, -0.2) is 19.0 Å². The van der Waals surface area contributed by atoms with Gasteiger partial charge in [-0.25, -0.2) is 0 Å². The predicted molar refractivity (Wildman–Crippen MR) is 75.0 cm³/mol. The third kappa shape index (κ3) is 2.52. The van der Waals surface area contributed by atoms with E-state index in [-0.39, 0.29) is 11.3 Å². The highest BCUT2D eigenvalue weighted by Gasteiger charge is 2.39. The second-order valence-electron chi connectivity index (χ2n) is 4.97. The number of nitrogens with one attached hydrogen (secondary N) is 2. The van der Waals surface area contributed by atoms with Gasteiger partial charge in [0.1, 0.15) is 0 Å². The van der Waals surface area contributed by atoms with Gasteiger partial charge in [0.25, 0.3) is 0 Å². The van der Waals surface area contributed by atoms with Crippen LogP contribution in [-0.2, 0) is 4.79 Å². The number of amides is 1. The number of benzene rings is 1. The first kappa shape index (κ1) is 13.4. The van der Waals surface area contributed by atoms with E-state index in [1.54, 1.807) is 6.07 Å². The molecule has 4 heteroatoms. The molecule has 1 fully saturated rings. The van der Waals surface area contributed by atoms with Crippen molar-refractivity contribution in [3.63, 3.8) is 0 Å². The zero-order chi connectivity index (χ0) is 13.2. The smallest absolute Gasteiger partial charge is 0.231 e. The number of carbonyl (C=O) groups excluding carboxylic acids is 1. The van der Waals surface area contributed by atoms with E-state index < -0.39 is 0 Å². The monoisotopic (exact) mass is 266 g/mol. The number of carbonyl (C=O) groups is 1. The van der Waals surface area contributed by atoms with Crippen LogP contribution >= 0.6 is 11.6 Å². The highest BCUT2D eigenvalue weighted by molar-refractivity contribution is 6.30. The van der Waals surface area contributed by atoms with Crippen molar-refractivity contribution in [1.29, 1.82) is 0 Å². The number of hydrogen-bond donors (Lipinski definition) is 2. The van der Waals surface area contributed by atoms with Crippen LogP contribution in [0.3, 0.4) is 0 Å². The molecule has 1 aromatic carbocycles. The van der Waals surface area contributed by atoms with Crippen molar-refractivity contribution in [3.05, 3.63) is 28.8 Å². The summed E-state index contributed by atoms with van der Waals surface area (Å²) in [5.41, 5.74) is 1.59. The van der Waals surface area contributed by atoms with Crippen molar-refractivity contribution in [2.45, 2.75) is 26.7 Å². The van der Waals surface area contributed by atoms with Gasteiger partial charge in [0.05, 0.1) is 5.41 Å². The van der Waals surface area contributed by atoms with E-state index in [1.807, 2.05) is 19.1 Å². The average molecular weight is 267 g/mol. The maximum atomic E-state index is 12.4. The van der Waals surface area contributed by atoms with E-state index in [2.05, 4.69) is 17.6 Å². The first-order valence-electron chi connectivity index (χ1n) is 6.36. The Bertz CT molecular complexity index is 453. The molecule has 1 aromatic rings. The lowest BCUT2D eigenvalue weighted by Crippen LogP contribution is -2.37. The first-order valence-corrected chi connectivity index (χ1v) is 6.73. The number of anilines is 1. The Kier molecular flexibility index (Phi) is 3.93. The lowest BCUT2D eigenvalue weighted by atomic mass is 9.83. The molecule has 2 N–H and O–H groups in total. The molecule has 1 aliphatic rings. The Balaban J connectivity index is 2.15. The van der Waals surface area contributed by atoms with Gasteiger partial charge in [-0.1, -0.05) is 18.5 Å². The fraction of sp³-hybridized carbons (Fsp3) is 0.500. The van der Waals surface area contributed by atoms with Crippen LogP contribution in [0, 0.1) is 12.3 Å².